The molecule has 0 aliphatic rings. The van der Waals surface area contributed by atoms with Crippen molar-refractivity contribution in [3.63, 3.8) is 0 Å². The van der Waals surface area contributed by atoms with Gasteiger partial charge < -0.3 is 4.74 Å². The van der Waals surface area contributed by atoms with Crippen LogP contribution in [0.3, 0.4) is 0 Å². The van der Waals surface area contributed by atoms with Gasteiger partial charge in [-0.05, 0) is 17.4 Å². The van der Waals surface area contributed by atoms with Crippen LogP contribution in [-0.4, -0.2) is 11.4 Å². The minimum atomic E-state index is -0.539. The van der Waals surface area contributed by atoms with Crippen molar-refractivity contribution in [3.05, 3.63) is 22.2 Å². The van der Waals surface area contributed by atoms with Crippen molar-refractivity contribution in [2.24, 2.45) is 0 Å². The lowest BCUT2D eigenvalue weighted by atomic mass is 10.6. The third kappa shape index (κ3) is 1.74. The first-order chi connectivity index (χ1) is 5.24. The van der Waals surface area contributed by atoms with Gasteiger partial charge in [-0.15, -0.1) is 0 Å². The van der Waals surface area contributed by atoms with E-state index in [1.54, 1.807) is 0 Å². The van der Waals surface area contributed by atoms with Crippen molar-refractivity contribution in [1.82, 2.24) is 0 Å². The molecule has 1 aromatic rings. The molecule has 0 amide bonds. The van der Waals surface area contributed by atoms with Crippen molar-refractivity contribution >= 4 is 22.8 Å². The molecule has 0 saturated heterocycles. The molecule has 0 aliphatic heterocycles. The minimum Gasteiger partial charge on any atom is -0.417 e. The summed E-state index contributed by atoms with van der Waals surface area (Å²) in [6.45, 7) is 0.232. The van der Waals surface area contributed by atoms with Gasteiger partial charge in [-0.3, -0.25) is 14.9 Å². The quantitative estimate of drug-likeness (QED) is 0.391. The van der Waals surface area contributed by atoms with E-state index in [1.165, 1.54) is 12.1 Å². The zero-order valence-electron chi connectivity index (χ0n) is 5.22. The smallest absolute Gasteiger partial charge is 0.327 e. The first-order valence-corrected chi connectivity index (χ1v) is 3.40. The van der Waals surface area contributed by atoms with Crippen LogP contribution in [0.2, 0.25) is 0 Å². The molecule has 5 nitrogen and oxygen atoms in total. The van der Waals surface area contributed by atoms with Gasteiger partial charge in [-0.1, -0.05) is 0 Å². The van der Waals surface area contributed by atoms with Crippen LogP contribution in [-0.2, 0) is 4.79 Å². The minimum absolute atomic E-state index is 0.0400. The van der Waals surface area contributed by atoms with Crippen LogP contribution in [0.4, 0.5) is 5.00 Å². The molecule has 1 aromatic heterocycles. The van der Waals surface area contributed by atoms with E-state index in [2.05, 4.69) is 4.74 Å². The first kappa shape index (κ1) is 7.67. The van der Waals surface area contributed by atoms with Gasteiger partial charge >= 0.3 is 5.00 Å². The van der Waals surface area contributed by atoms with Gasteiger partial charge in [-0.2, -0.15) is 0 Å². The Morgan fingerprint density at radius 3 is 2.82 bits per heavy atom. The molecule has 1 rings (SSSR count). The molecule has 6 heteroatoms. The zero-order valence-corrected chi connectivity index (χ0v) is 6.04. The lowest BCUT2D eigenvalue weighted by Crippen LogP contribution is -1.83. The third-order valence-electron chi connectivity index (χ3n) is 0.911. The second-order valence-corrected chi connectivity index (χ2v) is 2.59. The summed E-state index contributed by atoms with van der Waals surface area (Å²) in [5, 5.41) is 10.3. The average Bonchev–Trinajstić information content (AvgIpc) is 2.37. The fourth-order valence-electron chi connectivity index (χ4n) is 0.519. The van der Waals surface area contributed by atoms with Crippen LogP contribution < -0.4 is 4.74 Å². The van der Waals surface area contributed by atoms with Gasteiger partial charge in [0.1, 0.15) is 0 Å². The summed E-state index contributed by atoms with van der Waals surface area (Å²) in [6.07, 6.45) is 0. The monoisotopic (exact) mass is 173 g/mol. The van der Waals surface area contributed by atoms with Crippen molar-refractivity contribution < 1.29 is 14.5 Å². The topological polar surface area (TPSA) is 69.4 Å². The van der Waals surface area contributed by atoms with Gasteiger partial charge in [0.2, 0.25) is 0 Å². The maximum absolute atomic E-state index is 10.1. The molecular formula is C5H3NO4S. The normalized spacial score (nSPS) is 9.09. The van der Waals surface area contributed by atoms with Gasteiger partial charge in [0, 0.05) is 6.07 Å². The molecule has 11 heavy (non-hydrogen) atoms. The lowest BCUT2D eigenvalue weighted by Gasteiger charge is -1.84. The maximum atomic E-state index is 10.1. The number of carbonyl (C=O) groups excluding carboxylic acids is 1. The Kier molecular flexibility index (Phi) is 2.17. The maximum Gasteiger partial charge on any atom is 0.327 e. The second-order valence-electron chi connectivity index (χ2n) is 1.56. The molecule has 0 N–H and O–H groups in total. The molecule has 1 heterocycles. The predicted octanol–water partition coefficient (Wildman–Crippen LogP) is 1.19. The highest BCUT2D eigenvalue weighted by Gasteiger charge is 2.09. The molecule has 0 aliphatic carbocycles. The summed E-state index contributed by atoms with van der Waals surface area (Å²) in [6, 6.07) is 2.65. The number of carbonyl (C=O) groups is 1. The van der Waals surface area contributed by atoms with E-state index in [9.17, 15) is 14.9 Å². The lowest BCUT2D eigenvalue weighted by molar-refractivity contribution is -0.380. The van der Waals surface area contributed by atoms with Crippen LogP contribution in [0.1, 0.15) is 0 Å². The summed E-state index contributed by atoms with van der Waals surface area (Å²) in [5.74, 6) is 0. The van der Waals surface area contributed by atoms with E-state index in [0.717, 1.165) is 11.3 Å². The fourth-order valence-corrected chi connectivity index (χ4v) is 1.16. The third-order valence-corrected chi connectivity index (χ3v) is 1.84. The summed E-state index contributed by atoms with van der Waals surface area (Å²) in [5.41, 5.74) is 0. The van der Waals surface area contributed by atoms with Gasteiger partial charge in [0.25, 0.3) is 6.47 Å². The number of hydrogen-bond acceptors (Lipinski definition) is 5. The number of nitro groups is 1. The molecule has 0 spiro atoms. The van der Waals surface area contributed by atoms with Crippen LogP contribution in [0.5, 0.6) is 5.06 Å². The number of rotatable bonds is 3. The Bertz CT molecular complexity index is 282. The molecule has 0 fully saturated rings. The van der Waals surface area contributed by atoms with Crippen LogP contribution in [0, 0.1) is 10.1 Å². The van der Waals surface area contributed by atoms with Crippen molar-refractivity contribution in [1.29, 1.82) is 0 Å². The van der Waals surface area contributed by atoms with E-state index in [-0.39, 0.29) is 16.5 Å². The van der Waals surface area contributed by atoms with Gasteiger partial charge in [0.05, 0.1) is 4.92 Å². The number of ether oxygens (including phenoxy) is 1. The Hall–Kier alpha value is -1.43. The molecule has 58 valence electrons. The molecule has 0 atom stereocenters. The van der Waals surface area contributed by atoms with Gasteiger partial charge in [-0.25, -0.2) is 0 Å². The number of nitrogens with zero attached hydrogens (tertiary/aromatic N) is 1. The standard InChI is InChI=1S/C5H3NO4S/c7-3-10-5-2-1-4(11-5)6(8)9/h1-3H. The van der Waals surface area contributed by atoms with Crippen LogP contribution >= 0.6 is 11.3 Å². The van der Waals surface area contributed by atoms with E-state index >= 15 is 0 Å². The highest BCUT2D eigenvalue weighted by atomic mass is 32.1. The van der Waals surface area contributed by atoms with Crippen molar-refractivity contribution in [2.75, 3.05) is 0 Å². The van der Waals surface area contributed by atoms with Crippen LogP contribution in [0.25, 0.3) is 0 Å². The molecule has 0 bridgehead atoms. The largest absolute Gasteiger partial charge is 0.417 e. The predicted molar refractivity (Wildman–Crippen MR) is 37.7 cm³/mol. The highest BCUT2D eigenvalue weighted by molar-refractivity contribution is 7.17. The van der Waals surface area contributed by atoms with E-state index in [0.29, 0.717) is 0 Å². The van der Waals surface area contributed by atoms with Crippen LogP contribution in [0.15, 0.2) is 12.1 Å². The molecule has 0 aromatic carbocycles. The first-order valence-electron chi connectivity index (χ1n) is 2.58. The summed E-state index contributed by atoms with van der Waals surface area (Å²) >= 11 is 0.813. The second kappa shape index (κ2) is 3.11. The number of hydrogen-bond donors (Lipinski definition) is 0. The van der Waals surface area contributed by atoms with E-state index in [4.69, 9.17) is 0 Å². The Morgan fingerprint density at radius 2 is 2.36 bits per heavy atom. The Labute approximate surface area is 65.4 Å². The average molecular weight is 173 g/mol. The zero-order chi connectivity index (χ0) is 8.27. The Balaban J connectivity index is 2.81. The van der Waals surface area contributed by atoms with Crippen molar-refractivity contribution in [3.8, 4) is 5.06 Å². The highest BCUT2D eigenvalue weighted by Crippen LogP contribution is 2.29. The summed E-state index contributed by atoms with van der Waals surface area (Å²) < 4.78 is 4.37. The van der Waals surface area contributed by atoms with Gasteiger partial charge in [0.15, 0.2) is 5.06 Å². The summed E-state index contributed by atoms with van der Waals surface area (Å²) in [4.78, 5) is 19.3. The molecule has 0 radical (unpaired) electrons. The van der Waals surface area contributed by atoms with Crippen molar-refractivity contribution in [2.45, 2.75) is 0 Å². The Morgan fingerprint density at radius 1 is 1.64 bits per heavy atom. The molecular weight excluding hydrogens is 170 g/mol. The SMILES string of the molecule is O=COc1ccc([N+](=O)[O-])s1. The van der Waals surface area contributed by atoms with E-state index < -0.39 is 4.92 Å². The summed E-state index contributed by atoms with van der Waals surface area (Å²) in [7, 11) is 0. The van der Waals surface area contributed by atoms with E-state index in [1.807, 2.05) is 0 Å². The number of thiophene rings is 1. The fraction of sp³-hybridized carbons (Fsp3) is 0. The molecule has 0 unspecified atom stereocenters. The molecule has 0 saturated carbocycles.